The molecule has 0 bridgehead atoms. The number of likely N-dealkylation sites (tertiary alicyclic amines) is 1. The number of rotatable bonds is 2. The zero-order valence-electron chi connectivity index (χ0n) is 17.5. The Balaban J connectivity index is 1.80. The number of hydrogen-bond donors (Lipinski definition) is 0. The van der Waals surface area contributed by atoms with Gasteiger partial charge in [-0.15, -0.1) is 0 Å². The molecule has 3 heterocycles. The smallest absolute Gasteiger partial charge is 0.342 e. The quantitative estimate of drug-likeness (QED) is 0.722. The van der Waals surface area contributed by atoms with Crippen LogP contribution in [0.2, 0.25) is 0 Å². The number of carbonyl (C=O) groups is 1. The number of fused-ring (bicyclic) bond motifs is 1. The summed E-state index contributed by atoms with van der Waals surface area (Å²) in [6, 6.07) is 0.919. The molecule has 1 aliphatic carbocycles. The molecule has 1 aliphatic heterocycles. The molecule has 2 aliphatic rings. The minimum Gasteiger partial charge on any atom is -0.342 e. The molecule has 0 radical (unpaired) electrons. The monoisotopic (exact) mass is 438 g/mol. The van der Waals surface area contributed by atoms with Crippen molar-refractivity contribution >= 4 is 16.9 Å². The van der Waals surface area contributed by atoms with Crippen molar-refractivity contribution in [1.82, 2.24) is 19.0 Å². The largest absolute Gasteiger partial charge is 0.417 e. The van der Waals surface area contributed by atoms with E-state index in [-0.39, 0.29) is 29.1 Å². The zero-order valence-corrected chi connectivity index (χ0v) is 17.5. The summed E-state index contributed by atoms with van der Waals surface area (Å²) in [7, 11) is 2.45. The summed E-state index contributed by atoms with van der Waals surface area (Å²) < 4.78 is 43.3. The Labute approximate surface area is 176 Å². The van der Waals surface area contributed by atoms with Crippen molar-refractivity contribution in [2.75, 3.05) is 13.1 Å². The van der Waals surface area contributed by atoms with Gasteiger partial charge in [0.2, 0.25) is 5.91 Å². The maximum absolute atomic E-state index is 13.9. The van der Waals surface area contributed by atoms with Crippen molar-refractivity contribution in [2.45, 2.75) is 50.6 Å². The molecule has 0 spiro atoms. The van der Waals surface area contributed by atoms with Crippen LogP contribution in [0.15, 0.2) is 15.7 Å². The summed E-state index contributed by atoms with van der Waals surface area (Å²) in [5.41, 5.74) is -2.98. The first-order valence-corrected chi connectivity index (χ1v) is 10.6. The molecule has 2 fully saturated rings. The van der Waals surface area contributed by atoms with E-state index in [1.54, 1.807) is 4.90 Å². The first kappa shape index (κ1) is 21.6. The van der Waals surface area contributed by atoms with Gasteiger partial charge in [-0.2, -0.15) is 13.2 Å². The first-order valence-electron chi connectivity index (χ1n) is 10.6. The second-order valence-electron chi connectivity index (χ2n) is 8.60. The molecule has 1 saturated carbocycles. The number of pyridine rings is 1. The van der Waals surface area contributed by atoms with Crippen molar-refractivity contribution in [1.29, 1.82) is 0 Å². The average Bonchev–Trinajstić information content (AvgIpc) is 3.29. The molecule has 0 unspecified atom stereocenters. The van der Waals surface area contributed by atoms with Crippen molar-refractivity contribution in [2.24, 2.45) is 20.0 Å². The summed E-state index contributed by atoms with van der Waals surface area (Å²) in [6.45, 7) is 0.883. The average molecular weight is 438 g/mol. The molecule has 7 nitrogen and oxygen atoms in total. The molecule has 2 aromatic heterocycles. The maximum atomic E-state index is 13.9. The molecule has 0 N–H and O–H groups in total. The molecule has 31 heavy (non-hydrogen) atoms. The highest BCUT2D eigenvalue weighted by Crippen LogP contribution is 2.36. The highest BCUT2D eigenvalue weighted by molar-refractivity contribution is 5.80. The Morgan fingerprint density at radius 1 is 1.06 bits per heavy atom. The normalized spacial score (nSPS) is 20.5. The predicted molar refractivity (Wildman–Crippen MR) is 108 cm³/mol. The van der Waals surface area contributed by atoms with Crippen LogP contribution in [0.25, 0.3) is 11.0 Å². The molecule has 10 heteroatoms. The number of aryl methyl sites for hydroxylation is 1. The van der Waals surface area contributed by atoms with E-state index in [4.69, 9.17) is 0 Å². The Hall–Kier alpha value is -2.65. The standard InChI is InChI=1S/C21H25F3N4O3/c1-26-17-16(19(30)27(2)20(26)31)14(21(22,23)24)10-15(25-17)13-8-5-9-28(11-13)18(29)12-6-3-4-7-12/h10,12-13H,3-9,11H2,1-2H3/t13-/m1/s1. The third-order valence-electron chi connectivity index (χ3n) is 6.59. The Morgan fingerprint density at radius 2 is 1.74 bits per heavy atom. The van der Waals surface area contributed by atoms with Crippen LogP contribution in [-0.2, 0) is 25.1 Å². The van der Waals surface area contributed by atoms with Gasteiger partial charge in [0.15, 0.2) is 0 Å². The molecular formula is C21H25F3N4O3. The minimum absolute atomic E-state index is 0.00195. The van der Waals surface area contributed by atoms with Crippen LogP contribution >= 0.6 is 0 Å². The number of halogens is 3. The van der Waals surface area contributed by atoms with Crippen molar-refractivity contribution in [3.8, 4) is 0 Å². The molecule has 4 rings (SSSR count). The lowest BCUT2D eigenvalue weighted by atomic mass is 9.91. The molecule has 1 atom stereocenters. The number of piperidine rings is 1. The van der Waals surface area contributed by atoms with Crippen LogP contribution in [0.4, 0.5) is 13.2 Å². The molecule has 1 amide bonds. The Morgan fingerprint density at radius 3 is 2.39 bits per heavy atom. The third kappa shape index (κ3) is 3.76. The van der Waals surface area contributed by atoms with Crippen LogP contribution < -0.4 is 11.2 Å². The van der Waals surface area contributed by atoms with Crippen molar-refractivity contribution in [3.63, 3.8) is 0 Å². The van der Waals surface area contributed by atoms with Crippen molar-refractivity contribution < 1.29 is 18.0 Å². The van der Waals surface area contributed by atoms with Gasteiger partial charge in [0, 0.05) is 44.7 Å². The summed E-state index contributed by atoms with van der Waals surface area (Å²) in [4.78, 5) is 43.7. The van der Waals surface area contributed by atoms with E-state index in [0.29, 0.717) is 30.5 Å². The highest BCUT2D eigenvalue weighted by Gasteiger charge is 2.38. The second-order valence-corrected chi connectivity index (χ2v) is 8.60. The number of hydrogen-bond acceptors (Lipinski definition) is 4. The van der Waals surface area contributed by atoms with Crippen LogP contribution in [0, 0.1) is 5.92 Å². The van der Waals surface area contributed by atoms with E-state index in [9.17, 15) is 27.6 Å². The lowest BCUT2D eigenvalue weighted by molar-refractivity contribution is -0.137. The van der Waals surface area contributed by atoms with Gasteiger partial charge >= 0.3 is 11.9 Å². The number of carbonyl (C=O) groups excluding carboxylic acids is 1. The van der Waals surface area contributed by atoms with Crippen LogP contribution in [-0.4, -0.2) is 38.0 Å². The van der Waals surface area contributed by atoms with Gasteiger partial charge in [0.25, 0.3) is 5.56 Å². The van der Waals surface area contributed by atoms with Crippen LogP contribution in [0.3, 0.4) is 0 Å². The second kappa shape index (κ2) is 7.80. The first-order chi connectivity index (χ1) is 14.6. The summed E-state index contributed by atoms with van der Waals surface area (Å²) in [5, 5.41) is -0.615. The fourth-order valence-electron chi connectivity index (χ4n) is 4.86. The van der Waals surface area contributed by atoms with Gasteiger partial charge in [0.05, 0.1) is 10.9 Å². The fourth-order valence-corrected chi connectivity index (χ4v) is 4.86. The Bertz CT molecular complexity index is 1150. The number of aromatic nitrogens is 3. The van der Waals surface area contributed by atoms with E-state index < -0.39 is 28.4 Å². The lowest BCUT2D eigenvalue weighted by Gasteiger charge is -2.34. The third-order valence-corrected chi connectivity index (χ3v) is 6.59. The molecular weight excluding hydrogens is 413 g/mol. The molecule has 0 aromatic carbocycles. The summed E-state index contributed by atoms with van der Waals surface area (Å²) in [5.74, 6) is -0.318. The fraction of sp³-hybridized carbons (Fsp3) is 0.619. The van der Waals surface area contributed by atoms with Gasteiger partial charge in [-0.3, -0.25) is 18.7 Å². The van der Waals surface area contributed by atoms with Gasteiger partial charge in [-0.05, 0) is 31.7 Å². The number of amides is 1. The summed E-state index contributed by atoms with van der Waals surface area (Å²) in [6.07, 6.45) is 0.238. The number of alkyl halides is 3. The minimum atomic E-state index is -4.78. The SMILES string of the molecule is Cn1c(=O)c2c(C(F)(F)F)cc([C@@H]3CCCN(C(=O)C4CCCC4)C3)nc2n(C)c1=O. The highest BCUT2D eigenvalue weighted by atomic mass is 19.4. The van der Waals surface area contributed by atoms with E-state index in [1.807, 2.05) is 0 Å². The zero-order chi connectivity index (χ0) is 22.5. The van der Waals surface area contributed by atoms with Gasteiger partial charge < -0.3 is 4.90 Å². The molecule has 168 valence electrons. The molecule has 1 saturated heterocycles. The number of nitrogens with zero attached hydrogens (tertiary/aromatic N) is 4. The van der Waals surface area contributed by atoms with Gasteiger partial charge in [-0.25, -0.2) is 9.78 Å². The van der Waals surface area contributed by atoms with Gasteiger partial charge in [-0.1, -0.05) is 12.8 Å². The predicted octanol–water partition coefficient (Wildman–Crippen LogP) is 2.55. The topological polar surface area (TPSA) is 77.2 Å². The van der Waals surface area contributed by atoms with E-state index in [0.717, 1.165) is 43.4 Å². The van der Waals surface area contributed by atoms with E-state index in [1.165, 1.54) is 7.05 Å². The lowest BCUT2D eigenvalue weighted by Crippen LogP contribution is -2.42. The molecule has 2 aromatic rings. The van der Waals surface area contributed by atoms with E-state index in [2.05, 4.69) is 4.98 Å². The Kier molecular flexibility index (Phi) is 5.43. The summed E-state index contributed by atoms with van der Waals surface area (Å²) >= 11 is 0. The maximum Gasteiger partial charge on any atom is 0.417 e. The van der Waals surface area contributed by atoms with Crippen LogP contribution in [0.1, 0.15) is 55.7 Å². The van der Waals surface area contributed by atoms with Crippen molar-refractivity contribution in [3.05, 3.63) is 38.2 Å². The van der Waals surface area contributed by atoms with Crippen LogP contribution in [0.5, 0.6) is 0 Å². The van der Waals surface area contributed by atoms with E-state index >= 15 is 0 Å². The van der Waals surface area contributed by atoms with Gasteiger partial charge in [0.1, 0.15) is 5.65 Å².